The van der Waals surface area contributed by atoms with Gasteiger partial charge in [0.05, 0.1) is 12.1 Å². The Morgan fingerprint density at radius 3 is 3.12 bits per heavy atom. The van der Waals surface area contributed by atoms with Crippen LogP contribution in [0.3, 0.4) is 0 Å². The van der Waals surface area contributed by atoms with Gasteiger partial charge in [0.15, 0.2) is 10.7 Å². The lowest BCUT2D eigenvalue weighted by atomic mass is 9.99. The molecule has 3 N–H and O–H groups in total. The fourth-order valence-corrected chi connectivity index (χ4v) is 3.95. The summed E-state index contributed by atoms with van der Waals surface area (Å²) < 4.78 is 5.22. The number of aromatic nitrogens is 2. The standard InChI is InChI=1S/C16H16N4O2S.ClH/c17-9-5-6-11-14(7-9)23-16(18-11)19-15(21)8-12-10-3-1-2-4-13(10)22-20-12;/h1-4,9H,5-8,17H2,(H,18,19,21);1H/t9-;/m0./s1. The Balaban J connectivity index is 0.00000169. The number of para-hydroxylation sites is 1. The summed E-state index contributed by atoms with van der Waals surface area (Å²) in [5.74, 6) is -0.139. The molecule has 0 radical (unpaired) electrons. The van der Waals surface area contributed by atoms with Crippen LogP contribution >= 0.6 is 23.7 Å². The van der Waals surface area contributed by atoms with Crippen molar-refractivity contribution in [2.45, 2.75) is 31.7 Å². The lowest BCUT2D eigenvalue weighted by Gasteiger charge is -2.15. The van der Waals surface area contributed by atoms with Crippen LogP contribution in [0, 0.1) is 0 Å². The fourth-order valence-electron chi connectivity index (χ4n) is 2.84. The summed E-state index contributed by atoms with van der Waals surface area (Å²) in [5, 5.41) is 8.35. The van der Waals surface area contributed by atoms with E-state index in [0.717, 1.165) is 30.3 Å². The predicted molar refractivity (Wildman–Crippen MR) is 95.7 cm³/mol. The number of nitrogens with zero attached hydrogens (tertiary/aromatic N) is 2. The van der Waals surface area contributed by atoms with Crippen LogP contribution in [0.15, 0.2) is 28.8 Å². The first-order chi connectivity index (χ1) is 11.2. The van der Waals surface area contributed by atoms with Gasteiger partial charge in [0.2, 0.25) is 5.91 Å². The first kappa shape index (κ1) is 16.9. The number of halogens is 1. The van der Waals surface area contributed by atoms with Crippen molar-refractivity contribution >= 4 is 45.8 Å². The molecule has 0 fully saturated rings. The Morgan fingerprint density at radius 2 is 2.25 bits per heavy atom. The Hall–Kier alpha value is -1.96. The van der Waals surface area contributed by atoms with Crippen molar-refractivity contribution in [2.24, 2.45) is 5.73 Å². The van der Waals surface area contributed by atoms with Crippen LogP contribution in [-0.2, 0) is 24.1 Å². The second-order valence-corrected chi connectivity index (χ2v) is 6.83. The van der Waals surface area contributed by atoms with Gasteiger partial charge in [-0.2, -0.15) is 0 Å². The highest BCUT2D eigenvalue weighted by Gasteiger charge is 2.21. The van der Waals surface area contributed by atoms with E-state index >= 15 is 0 Å². The maximum absolute atomic E-state index is 12.2. The fraction of sp³-hybridized carbons (Fsp3) is 0.312. The van der Waals surface area contributed by atoms with Gasteiger partial charge >= 0.3 is 0 Å². The maximum Gasteiger partial charge on any atom is 0.232 e. The van der Waals surface area contributed by atoms with Gasteiger partial charge < -0.3 is 15.6 Å². The number of nitrogens with one attached hydrogen (secondary N) is 1. The van der Waals surface area contributed by atoms with Crippen LogP contribution in [0.4, 0.5) is 5.13 Å². The normalized spacial score (nSPS) is 16.5. The van der Waals surface area contributed by atoms with Gasteiger partial charge in [-0.3, -0.25) is 4.79 Å². The molecule has 1 aromatic carbocycles. The number of aryl methyl sites for hydroxylation is 1. The molecule has 0 aliphatic heterocycles. The molecule has 1 aliphatic carbocycles. The summed E-state index contributed by atoms with van der Waals surface area (Å²) in [6.07, 6.45) is 2.85. The molecule has 4 rings (SSSR count). The highest BCUT2D eigenvalue weighted by molar-refractivity contribution is 7.15. The van der Waals surface area contributed by atoms with Crippen LogP contribution in [-0.4, -0.2) is 22.1 Å². The van der Waals surface area contributed by atoms with Crippen molar-refractivity contribution in [3.8, 4) is 0 Å². The van der Waals surface area contributed by atoms with Crippen molar-refractivity contribution in [2.75, 3.05) is 5.32 Å². The lowest BCUT2D eigenvalue weighted by molar-refractivity contribution is -0.115. The Morgan fingerprint density at radius 1 is 1.42 bits per heavy atom. The zero-order valence-electron chi connectivity index (χ0n) is 12.8. The first-order valence-electron chi connectivity index (χ1n) is 7.56. The van der Waals surface area contributed by atoms with Gasteiger partial charge in [0, 0.05) is 16.3 Å². The average molecular weight is 365 g/mol. The molecule has 6 nitrogen and oxygen atoms in total. The number of fused-ring (bicyclic) bond motifs is 2. The van der Waals surface area contributed by atoms with Gasteiger partial charge in [-0.15, -0.1) is 23.7 Å². The minimum atomic E-state index is -0.139. The maximum atomic E-state index is 12.2. The van der Waals surface area contributed by atoms with Crippen molar-refractivity contribution < 1.29 is 9.32 Å². The van der Waals surface area contributed by atoms with E-state index in [-0.39, 0.29) is 30.8 Å². The highest BCUT2D eigenvalue weighted by Crippen LogP contribution is 2.29. The molecular formula is C16H17ClN4O2S. The average Bonchev–Trinajstić information content (AvgIpc) is 3.11. The molecule has 1 amide bonds. The third kappa shape index (κ3) is 3.28. The SMILES string of the molecule is Cl.N[C@H]1CCc2nc(NC(=O)Cc3noc4ccccc34)sc2C1. The van der Waals surface area contributed by atoms with E-state index in [1.807, 2.05) is 24.3 Å². The van der Waals surface area contributed by atoms with E-state index in [2.05, 4.69) is 15.5 Å². The van der Waals surface area contributed by atoms with E-state index in [1.54, 1.807) is 0 Å². The van der Waals surface area contributed by atoms with Gasteiger partial charge in [0.25, 0.3) is 0 Å². The molecule has 8 heteroatoms. The van der Waals surface area contributed by atoms with Gasteiger partial charge in [-0.25, -0.2) is 4.98 Å². The largest absolute Gasteiger partial charge is 0.356 e. The van der Waals surface area contributed by atoms with E-state index in [0.29, 0.717) is 16.4 Å². The van der Waals surface area contributed by atoms with E-state index in [9.17, 15) is 4.79 Å². The van der Waals surface area contributed by atoms with E-state index in [4.69, 9.17) is 10.3 Å². The number of benzene rings is 1. The van der Waals surface area contributed by atoms with E-state index < -0.39 is 0 Å². The molecule has 1 atom stereocenters. The molecule has 0 saturated heterocycles. The summed E-state index contributed by atoms with van der Waals surface area (Å²) in [6.45, 7) is 0. The number of anilines is 1. The minimum Gasteiger partial charge on any atom is -0.356 e. The number of hydrogen-bond donors (Lipinski definition) is 2. The molecule has 0 saturated carbocycles. The Labute approximate surface area is 148 Å². The molecule has 0 unspecified atom stereocenters. The molecule has 24 heavy (non-hydrogen) atoms. The van der Waals surface area contributed by atoms with Gasteiger partial charge in [0.1, 0.15) is 5.69 Å². The molecule has 126 valence electrons. The predicted octanol–water partition coefficient (Wildman–Crippen LogP) is 2.70. The van der Waals surface area contributed by atoms with Crippen LogP contribution in [0.25, 0.3) is 11.0 Å². The summed E-state index contributed by atoms with van der Waals surface area (Å²) in [6, 6.07) is 7.72. The number of hydrogen-bond acceptors (Lipinski definition) is 6. The van der Waals surface area contributed by atoms with Crippen molar-refractivity contribution in [3.05, 3.63) is 40.5 Å². The van der Waals surface area contributed by atoms with Crippen LogP contribution in [0.5, 0.6) is 0 Å². The summed E-state index contributed by atoms with van der Waals surface area (Å²) in [7, 11) is 0. The van der Waals surface area contributed by atoms with E-state index in [1.165, 1.54) is 16.2 Å². The number of amides is 1. The molecule has 3 aromatic rings. The van der Waals surface area contributed by atoms with Crippen LogP contribution in [0.2, 0.25) is 0 Å². The summed E-state index contributed by atoms with van der Waals surface area (Å²) in [5.41, 5.74) is 8.37. The van der Waals surface area contributed by atoms with Gasteiger partial charge in [-0.1, -0.05) is 17.3 Å². The first-order valence-corrected chi connectivity index (χ1v) is 8.38. The second-order valence-electron chi connectivity index (χ2n) is 5.74. The summed E-state index contributed by atoms with van der Waals surface area (Å²) in [4.78, 5) is 17.9. The number of nitrogens with two attached hydrogens (primary N) is 1. The molecule has 2 heterocycles. The van der Waals surface area contributed by atoms with Crippen molar-refractivity contribution in [1.29, 1.82) is 0 Å². The molecule has 0 bridgehead atoms. The minimum absolute atomic E-state index is 0. The molecule has 2 aromatic heterocycles. The Bertz CT molecular complexity index is 876. The smallest absolute Gasteiger partial charge is 0.232 e. The molecular weight excluding hydrogens is 348 g/mol. The number of rotatable bonds is 3. The highest BCUT2D eigenvalue weighted by atomic mass is 35.5. The number of carbonyl (C=O) groups is 1. The zero-order chi connectivity index (χ0) is 15.8. The number of carbonyl (C=O) groups excluding carboxylic acids is 1. The van der Waals surface area contributed by atoms with Gasteiger partial charge in [-0.05, 0) is 31.4 Å². The third-order valence-electron chi connectivity index (χ3n) is 4.00. The summed E-state index contributed by atoms with van der Waals surface area (Å²) >= 11 is 1.52. The zero-order valence-corrected chi connectivity index (χ0v) is 14.5. The second kappa shape index (κ2) is 6.88. The topological polar surface area (TPSA) is 94.0 Å². The monoisotopic (exact) mass is 364 g/mol. The van der Waals surface area contributed by atoms with Crippen molar-refractivity contribution in [3.63, 3.8) is 0 Å². The third-order valence-corrected chi connectivity index (χ3v) is 5.04. The number of thiazole rings is 1. The van der Waals surface area contributed by atoms with Crippen LogP contribution in [0.1, 0.15) is 22.7 Å². The lowest BCUT2D eigenvalue weighted by Crippen LogP contribution is -2.27. The van der Waals surface area contributed by atoms with Crippen molar-refractivity contribution in [1.82, 2.24) is 10.1 Å². The molecule has 0 spiro atoms. The van der Waals surface area contributed by atoms with Crippen LogP contribution < -0.4 is 11.1 Å². The Kier molecular flexibility index (Phi) is 4.84. The quantitative estimate of drug-likeness (QED) is 0.745. The molecule has 1 aliphatic rings.